The van der Waals surface area contributed by atoms with Gasteiger partial charge in [-0.1, -0.05) is 175 Å². The molecule has 58 heavy (non-hydrogen) atoms. The molecular formula is C52H33N5S. The Kier molecular flexibility index (Phi) is 8.26. The molecule has 0 bridgehead atoms. The summed E-state index contributed by atoms with van der Waals surface area (Å²) in [4.78, 5) is 21.4. The largest absolute Gasteiger partial charge is 0.283 e. The highest BCUT2D eigenvalue weighted by Crippen LogP contribution is 2.44. The average molecular weight is 760 g/mol. The zero-order chi connectivity index (χ0) is 38.4. The van der Waals surface area contributed by atoms with Crippen molar-refractivity contribution < 1.29 is 0 Å². The second-order valence-electron chi connectivity index (χ2n) is 14.3. The number of aromatic nitrogens is 5. The number of imidazole rings is 1. The predicted octanol–water partition coefficient (Wildman–Crippen LogP) is 13.6. The second-order valence-corrected chi connectivity index (χ2v) is 15.3. The van der Waals surface area contributed by atoms with Gasteiger partial charge < -0.3 is 0 Å². The Morgan fingerprint density at radius 3 is 1.31 bits per heavy atom. The van der Waals surface area contributed by atoms with Crippen LogP contribution in [0.15, 0.2) is 200 Å². The molecule has 0 saturated carbocycles. The molecule has 3 heterocycles. The molecule has 0 saturated heterocycles. The van der Waals surface area contributed by atoms with Gasteiger partial charge in [0.1, 0.15) is 0 Å². The van der Waals surface area contributed by atoms with Gasteiger partial charge in [0.05, 0.1) is 21.3 Å². The molecule has 272 valence electrons. The molecule has 0 aliphatic carbocycles. The third-order valence-corrected chi connectivity index (χ3v) is 11.7. The van der Waals surface area contributed by atoms with E-state index in [-0.39, 0.29) is 0 Å². The number of nitrogens with zero attached hydrogens (tertiary/aromatic N) is 5. The van der Waals surface area contributed by atoms with Crippen LogP contribution in [0.1, 0.15) is 0 Å². The van der Waals surface area contributed by atoms with E-state index in [1.807, 2.05) is 60.7 Å². The summed E-state index contributed by atoms with van der Waals surface area (Å²) in [7, 11) is 0. The standard InChI is InChI=1S/C52H33N5S/c1-6-16-34(17-7-1)39-27-29-47-46(32-39)57-45-33-40(26-28-44(45)53-52(57)58-47)48-42(35-18-8-2-9-19-35)30-41(31-43(48)36-20-10-3-11-21-36)51-55-49(37-22-12-4-13-23-37)54-50(56-51)38-24-14-5-15-25-38/h1-33H. The van der Waals surface area contributed by atoms with E-state index in [1.165, 1.54) is 15.8 Å². The van der Waals surface area contributed by atoms with Gasteiger partial charge in [-0.25, -0.2) is 19.9 Å². The van der Waals surface area contributed by atoms with Crippen LogP contribution in [0.3, 0.4) is 0 Å². The minimum atomic E-state index is 0.612. The number of hydrogen-bond donors (Lipinski definition) is 0. The monoisotopic (exact) mass is 759 g/mol. The topological polar surface area (TPSA) is 56.0 Å². The fraction of sp³-hybridized carbons (Fsp3) is 0. The maximum Gasteiger partial charge on any atom is 0.195 e. The quantitative estimate of drug-likeness (QED) is 0.162. The highest BCUT2D eigenvalue weighted by Gasteiger charge is 2.21. The first-order chi connectivity index (χ1) is 28.7. The van der Waals surface area contributed by atoms with Gasteiger partial charge in [0.2, 0.25) is 0 Å². The van der Waals surface area contributed by atoms with Crippen LogP contribution in [-0.4, -0.2) is 24.3 Å². The molecule has 0 aliphatic heterocycles. The molecule has 0 spiro atoms. The van der Waals surface area contributed by atoms with Crippen molar-refractivity contribution >= 4 is 37.5 Å². The van der Waals surface area contributed by atoms with Crippen LogP contribution < -0.4 is 0 Å². The van der Waals surface area contributed by atoms with Crippen molar-refractivity contribution in [1.82, 2.24) is 24.3 Å². The number of hydrogen-bond acceptors (Lipinski definition) is 5. The molecule has 0 atom stereocenters. The molecule has 0 aliphatic rings. The fourth-order valence-corrected chi connectivity index (χ4v) is 8.93. The molecule has 0 unspecified atom stereocenters. The summed E-state index contributed by atoms with van der Waals surface area (Å²) < 4.78 is 3.53. The van der Waals surface area contributed by atoms with Crippen LogP contribution >= 0.6 is 11.3 Å². The number of rotatable bonds is 7. The number of fused-ring (bicyclic) bond motifs is 5. The van der Waals surface area contributed by atoms with Gasteiger partial charge in [-0.2, -0.15) is 0 Å². The Labute approximate surface area is 339 Å². The van der Waals surface area contributed by atoms with E-state index in [4.69, 9.17) is 19.9 Å². The van der Waals surface area contributed by atoms with Crippen molar-refractivity contribution in [3.05, 3.63) is 200 Å². The summed E-state index contributed by atoms with van der Waals surface area (Å²) in [6.45, 7) is 0. The summed E-state index contributed by atoms with van der Waals surface area (Å²) in [6.07, 6.45) is 0. The maximum absolute atomic E-state index is 5.16. The molecule has 11 aromatic rings. The van der Waals surface area contributed by atoms with Crippen molar-refractivity contribution in [2.24, 2.45) is 0 Å². The van der Waals surface area contributed by atoms with E-state index < -0.39 is 0 Å². The molecule has 0 fully saturated rings. The lowest BCUT2D eigenvalue weighted by Gasteiger charge is -2.19. The van der Waals surface area contributed by atoms with E-state index >= 15 is 0 Å². The van der Waals surface area contributed by atoms with E-state index in [0.29, 0.717) is 17.5 Å². The summed E-state index contributed by atoms with van der Waals surface area (Å²) in [5.41, 5.74) is 14.9. The van der Waals surface area contributed by atoms with Gasteiger partial charge in [0, 0.05) is 16.7 Å². The summed E-state index contributed by atoms with van der Waals surface area (Å²) in [6, 6.07) is 70.0. The second kappa shape index (κ2) is 14.2. The summed E-state index contributed by atoms with van der Waals surface area (Å²) >= 11 is 1.72. The molecule has 0 N–H and O–H groups in total. The minimum absolute atomic E-state index is 0.612. The van der Waals surface area contributed by atoms with Gasteiger partial charge in [-0.3, -0.25) is 4.40 Å². The van der Waals surface area contributed by atoms with Gasteiger partial charge in [0.25, 0.3) is 0 Å². The van der Waals surface area contributed by atoms with Crippen molar-refractivity contribution in [3.63, 3.8) is 0 Å². The lowest BCUT2D eigenvalue weighted by Crippen LogP contribution is -2.01. The SMILES string of the molecule is c1ccc(-c2ccc3sc4nc5ccc(-c6c(-c7ccccc7)cc(-c7nc(-c8ccccc8)nc(-c8ccccc8)n7)cc6-c6ccccc6)cc5n4c3c2)cc1. The van der Waals surface area contributed by atoms with Crippen LogP contribution in [0.2, 0.25) is 0 Å². The molecule has 0 radical (unpaired) electrons. The molecule has 11 rings (SSSR count). The Morgan fingerprint density at radius 2 is 0.776 bits per heavy atom. The van der Waals surface area contributed by atoms with Gasteiger partial charge in [0.15, 0.2) is 22.4 Å². The zero-order valence-electron chi connectivity index (χ0n) is 31.2. The first kappa shape index (κ1) is 33.8. The van der Waals surface area contributed by atoms with Gasteiger partial charge in [-0.05, 0) is 80.9 Å². The van der Waals surface area contributed by atoms with E-state index in [0.717, 1.165) is 71.6 Å². The van der Waals surface area contributed by atoms with Crippen LogP contribution in [-0.2, 0) is 0 Å². The van der Waals surface area contributed by atoms with Crippen molar-refractivity contribution in [2.45, 2.75) is 0 Å². The van der Waals surface area contributed by atoms with Crippen LogP contribution in [0.25, 0.3) is 105 Å². The van der Waals surface area contributed by atoms with Gasteiger partial charge in [-0.15, -0.1) is 0 Å². The lowest BCUT2D eigenvalue weighted by molar-refractivity contribution is 1.07. The van der Waals surface area contributed by atoms with Gasteiger partial charge >= 0.3 is 0 Å². The van der Waals surface area contributed by atoms with E-state index in [1.54, 1.807) is 11.3 Å². The number of benzene rings is 8. The molecule has 3 aromatic heterocycles. The molecule has 0 amide bonds. The van der Waals surface area contributed by atoms with Crippen LogP contribution in [0.5, 0.6) is 0 Å². The Balaban J connectivity index is 1.17. The molecular weight excluding hydrogens is 727 g/mol. The highest BCUT2D eigenvalue weighted by molar-refractivity contribution is 7.23. The van der Waals surface area contributed by atoms with Crippen LogP contribution in [0.4, 0.5) is 0 Å². The zero-order valence-corrected chi connectivity index (χ0v) is 32.0. The smallest absolute Gasteiger partial charge is 0.195 e. The summed E-state index contributed by atoms with van der Waals surface area (Å²) in [5, 5.41) is 0. The minimum Gasteiger partial charge on any atom is -0.283 e. The molecule has 6 heteroatoms. The predicted molar refractivity (Wildman–Crippen MR) is 240 cm³/mol. The Bertz CT molecular complexity index is 3130. The van der Waals surface area contributed by atoms with E-state index in [9.17, 15) is 0 Å². The molecule has 5 nitrogen and oxygen atoms in total. The third-order valence-electron chi connectivity index (χ3n) is 10.7. The first-order valence-electron chi connectivity index (χ1n) is 19.3. The number of thiazole rings is 1. The van der Waals surface area contributed by atoms with Crippen molar-refractivity contribution in [3.8, 4) is 78.7 Å². The fourth-order valence-electron chi connectivity index (χ4n) is 7.91. The van der Waals surface area contributed by atoms with E-state index in [2.05, 4.69) is 144 Å². The normalized spacial score (nSPS) is 11.4. The maximum atomic E-state index is 5.16. The first-order valence-corrected chi connectivity index (χ1v) is 20.1. The average Bonchev–Trinajstić information content (AvgIpc) is 3.85. The Morgan fingerprint density at radius 1 is 0.328 bits per heavy atom. The van der Waals surface area contributed by atoms with Crippen molar-refractivity contribution in [2.75, 3.05) is 0 Å². The van der Waals surface area contributed by atoms with Crippen LogP contribution in [0, 0.1) is 0 Å². The van der Waals surface area contributed by atoms with Crippen molar-refractivity contribution in [1.29, 1.82) is 0 Å². The lowest BCUT2D eigenvalue weighted by atomic mass is 9.85. The highest BCUT2D eigenvalue weighted by atomic mass is 32.1. The third kappa shape index (κ3) is 6.04. The Hall–Kier alpha value is -7.54. The molecule has 8 aromatic carbocycles. The summed E-state index contributed by atoms with van der Waals surface area (Å²) in [5.74, 6) is 1.87.